The number of thiazole rings is 1. The average Bonchev–Trinajstić information content (AvgIpc) is 3.13. The van der Waals surface area contributed by atoms with Crippen LogP contribution in [0.2, 0.25) is 0 Å². The van der Waals surface area contributed by atoms with Crippen LogP contribution in [-0.4, -0.2) is 53.4 Å². The van der Waals surface area contributed by atoms with Gasteiger partial charge in [0.2, 0.25) is 5.91 Å². The van der Waals surface area contributed by atoms with Crippen LogP contribution in [0.1, 0.15) is 44.0 Å². The van der Waals surface area contributed by atoms with Gasteiger partial charge in [0.25, 0.3) is 0 Å². The van der Waals surface area contributed by atoms with E-state index in [-0.39, 0.29) is 11.3 Å². The fourth-order valence-corrected chi connectivity index (χ4v) is 4.31. The minimum atomic E-state index is 0.0624. The van der Waals surface area contributed by atoms with E-state index in [1.54, 1.807) is 11.3 Å². The number of carbonyl (C=O) groups excluding carboxylic acids is 1. The number of aryl methyl sites for hydroxylation is 1. The van der Waals surface area contributed by atoms with E-state index in [0.717, 1.165) is 44.8 Å². The monoisotopic (exact) mass is 400 g/mol. The summed E-state index contributed by atoms with van der Waals surface area (Å²) in [5, 5.41) is 6.38. The molecule has 28 heavy (non-hydrogen) atoms. The number of hydrogen-bond donors (Lipinski definition) is 1. The summed E-state index contributed by atoms with van der Waals surface area (Å²) < 4.78 is 0. The van der Waals surface area contributed by atoms with Gasteiger partial charge in [-0.05, 0) is 24.1 Å². The number of aromatic nitrogens is 1. The van der Waals surface area contributed by atoms with Gasteiger partial charge in [0.15, 0.2) is 0 Å². The summed E-state index contributed by atoms with van der Waals surface area (Å²) in [4.78, 5) is 21.8. The molecular weight excluding hydrogens is 368 g/mol. The van der Waals surface area contributed by atoms with Crippen LogP contribution in [0.15, 0.2) is 29.6 Å². The number of piperazine rings is 1. The fraction of sp³-hybridized carbons (Fsp3) is 0.545. The first-order chi connectivity index (χ1) is 13.3. The minimum absolute atomic E-state index is 0.0624. The van der Waals surface area contributed by atoms with Crippen LogP contribution in [0.4, 0.5) is 5.69 Å². The molecule has 1 fully saturated rings. The summed E-state index contributed by atoms with van der Waals surface area (Å²) >= 11 is 1.75. The maximum atomic E-state index is 12.3. The molecule has 0 bridgehead atoms. The Kier molecular flexibility index (Phi) is 6.86. The molecule has 0 unspecified atom stereocenters. The van der Waals surface area contributed by atoms with Gasteiger partial charge in [-0.15, -0.1) is 11.3 Å². The summed E-state index contributed by atoms with van der Waals surface area (Å²) in [5.41, 5.74) is 3.44. The molecule has 0 atom stereocenters. The second kappa shape index (κ2) is 9.16. The maximum Gasteiger partial charge on any atom is 0.238 e. The number of nitrogens with zero attached hydrogens (tertiary/aromatic N) is 3. The van der Waals surface area contributed by atoms with Crippen LogP contribution in [0.3, 0.4) is 0 Å². The molecule has 152 valence electrons. The molecule has 1 aliphatic heterocycles. The van der Waals surface area contributed by atoms with Gasteiger partial charge in [0, 0.05) is 42.7 Å². The first-order valence-corrected chi connectivity index (χ1v) is 11.0. The van der Waals surface area contributed by atoms with Crippen LogP contribution in [-0.2, 0) is 23.2 Å². The quantitative estimate of drug-likeness (QED) is 0.802. The van der Waals surface area contributed by atoms with E-state index < -0.39 is 0 Å². The molecule has 6 heteroatoms. The van der Waals surface area contributed by atoms with Crippen LogP contribution in [0.25, 0.3) is 0 Å². The van der Waals surface area contributed by atoms with Gasteiger partial charge >= 0.3 is 0 Å². The molecule has 1 saturated heterocycles. The molecule has 1 aromatic carbocycles. The molecule has 2 heterocycles. The van der Waals surface area contributed by atoms with E-state index in [2.05, 4.69) is 60.3 Å². The lowest BCUT2D eigenvalue weighted by Crippen LogP contribution is -2.48. The number of carbonyl (C=O) groups is 1. The van der Waals surface area contributed by atoms with E-state index in [4.69, 9.17) is 4.98 Å². The Bertz CT molecular complexity index is 771. The highest BCUT2D eigenvalue weighted by atomic mass is 32.1. The average molecular weight is 401 g/mol. The zero-order valence-electron chi connectivity index (χ0n) is 17.5. The van der Waals surface area contributed by atoms with Crippen molar-refractivity contribution in [3.63, 3.8) is 0 Å². The van der Waals surface area contributed by atoms with Crippen molar-refractivity contribution in [3.8, 4) is 0 Å². The van der Waals surface area contributed by atoms with E-state index >= 15 is 0 Å². The van der Waals surface area contributed by atoms with Crippen LogP contribution in [0, 0.1) is 0 Å². The smallest absolute Gasteiger partial charge is 0.238 e. The zero-order valence-corrected chi connectivity index (χ0v) is 18.3. The lowest BCUT2D eigenvalue weighted by Gasteiger charge is -2.33. The first-order valence-electron chi connectivity index (χ1n) is 10.1. The largest absolute Gasteiger partial charge is 0.325 e. The van der Waals surface area contributed by atoms with Crippen molar-refractivity contribution in [1.82, 2.24) is 14.8 Å². The van der Waals surface area contributed by atoms with Crippen LogP contribution >= 0.6 is 11.3 Å². The Balaban J connectivity index is 1.42. The molecule has 2 aromatic rings. The van der Waals surface area contributed by atoms with Crippen molar-refractivity contribution >= 4 is 22.9 Å². The van der Waals surface area contributed by atoms with Gasteiger partial charge < -0.3 is 5.32 Å². The summed E-state index contributed by atoms with van der Waals surface area (Å²) in [6.45, 7) is 13.9. The number of rotatable bonds is 6. The Hall–Kier alpha value is -1.76. The van der Waals surface area contributed by atoms with Crippen molar-refractivity contribution < 1.29 is 4.79 Å². The third kappa shape index (κ3) is 5.87. The summed E-state index contributed by atoms with van der Waals surface area (Å²) in [7, 11) is 0. The number of benzene rings is 1. The molecule has 0 spiro atoms. The van der Waals surface area contributed by atoms with Gasteiger partial charge in [0.1, 0.15) is 5.01 Å². The fourth-order valence-electron chi connectivity index (χ4n) is 3.25. The highest BCUT2D eigenvalue weighted by Crippen LogP contribution is 2.24. The number of amides is 1. The van der Waals surface area contributed by atoms with Gasteiger partial charge in [-0.1, -0.05) is 39.8 Å². The SMILES string of the molecule is CCc1ccc(NC(=O)CN2CCN(Cc3nc(C(C)(C)C)cs3)CC2)cc1. The molecule has 5 nitrogen and oxygen atoms in total. The lowest BCUT2D eigenvalue weighted by atomic mass is 9.93. The molecule has 1 amide bonds. The Morgan fingerprint density at radius 3 is 2.32 bits per heavy atom. The van der Waals surface area contributed by atoms with E-state index in [9.17, 15) is 4.79 Å². The van der Waals surface area contributed by atoms with Crippen molar-refractivity contribution in [3.05, 3.63) is 45.9 Å². The minimum Gasteiger partial charge on any atom is -0.325 e. The van der Waals surface area contributed by atoms with E-state index in [1.807, 2.05) is 12.1 Å². The molecule has 0 saturated carbocycles. The van der Waals surface area contributed by atoms with Crippen LogP contribution < -0.4 is 5.32 Å². The first kappa shape index (κ1) is 21.0. The molecular formula is C22H32N4OS. The number of nitrogens with one attached hydrogen (secondary N) is 1. The summed E-state index contributed by atoms with van der Waals surface area (Å²) in [5.74, 6) is 0.0624. The topological polar surface area (TPSA) is 48.5 Å². The van der Waals surface area contributed by atoms with Crippen molar-refractivity contribution in [2.75, 3.05) is 38.0 Å². The second-order valence-electron chi connectivity index (χ2n) is 8.53. The number of anilines is 1. The lowest BCUT2D eigenvalue weighted by molar-refractivity contribution is -0.117. The Labute approximate surface area is 172 Å². The molecule has 0 aliphatic carbocycles. The Morgan fingerprint density at radius 1 is 1.11 bits per heavy atom. The predicted molar refractivity (Wildman–Crippen MR) is 117 cm³/mol. The van der Waals surface area contributed by atoms with E-state index in [1.165, 1.54) is 16.3 Å². The maximum absolute atomic E-state index is 12.3. The van der Waals surface area contributed by atoms with Gasteiger partial charge in [-0.25, -0.2) is 4.98 Å². The molecule has 0 radical (unpaired) electrons. The number of hydrogen-bond acceptors (Lipinski definition) is 5. The van der Waals surface area contributed by atoms with E-state index in [0.29, 0.717) is 6.54 Å². The molecule has 1 N–H and O–H groups in total. The van der Waals surface area contributed by atoms with Crippen molar-refractivity contribution in [2.45, 2.75) is 46.1 Å². The summed E-state index contributed by atoms with van der Waals surface area (Å²) in [6.07, 6.45) is 1.01. The third-order valence-corrected chi connectivity index (χ3v) is 5.99. The van der Waals surface area contributed by atoms with Crippen molar-refractivity contribution in [1.29, 1.82) is 0 Å². The molecule has 3 rings (SSSR count). The third-order valence-electron chi connectivity index (χ3n) is 5.16. The highest BCUT2D eigenvalue weighted by Gasteiger charge is 2.22. The Morgan fingerprint density at radius 2 is 1.75 bits per heavy atom. The second-order valence-corrected chi connectivity index (χ2v) is 9.47. The molecule has 1 aliphatic rings. The standard InChI is InChI=1S/C22H32N4OS/c1-5-17-6-8-18(9-7-17)23-20(27)14-25-10-12-26(13-11-25)15-21-24-19(16-28-21)22(2,3)4/h6-9,16H,5,10-15H2,1-4H3,(H,23,27). The van der Waals surface area contributed by atoms with Gasteiger partial charge in [0.05, 0.1) is 18.8 Å². The highest BCUT2D eigenvalue weighted by molar-refractivity contribution is 7.09. The van der Waals surface area contributed by atoms with Gasteiger partial charge in [-0.3, -0.25) is 14.6 Å². The summed E-state index contributed by atoms with van der Waals surface area (Å²) in [6, 6.07) is 8.10. The van der Waals surface area contributed by atoms with Gasteiger partial charge in [-0.2, -0.15) is 0 Å². The predicted octanol–water partition coefficient (Wildman–Crippen LogP) is 3.76. The van der Waals surface area contributed by atoms with Crippen molar-refractivity contribution in [2.24, 2.45) is 0 Å². The molecule has 1 aromatic heterocycles. The zero-order chi connectivity index (χ0) is 20.1. The normalized spacial score (nSPS) is 16.3. The van der Waals surface area contributed by atoms with Crippen LogP contribution in [0.5, 0.6) is 0 Å².